The number of nitrogens with one attached hydrogen (secondary N) is 1. The van der Waals surface area contributed by atoms with Crippen molar-refractivity contribution in [3.8, 4) is 6.07 Å². The number of hydrogen-bond donors (Lipinski definition) is 1. The molecule has 1 N–H and O–H groups in total. The van der Waals surface area contributed by atoms with Gasteiger partial charge in [-0.15, -0.1) is 0 Å². The summed E-state index contributed by atoms with van der Waals surface area (Å²) in [4.78, 5) is 2.10. The van der Waals surface area contributed by atoms with Crippen LogP contribution in [0.3, 0.4) is 0 Å². The molecule has 0 amide bonds. The van der Waals surface area contributed by atoms with Crippen LogP contribution < -0.4 is 4.72 Å². The van der Waals surface area contributed by atoms with E-state index in [0.717, 1.165) is 0 Å². The maximum atomic E-state index is 12.5. The molecule has 1 aromatic rings. The van der Waals surface area contributed by atoms with Crippen molar-refractivity contribution in [3.63, 3.8) is 0 Å². The van der Waals surface area contributed by atoms with Gasteiger partial charge in [-0.05, 0) is 18.1 Å². The van der Waals surface area contributed by atoms with Crippen molar-refractivity contribution in [2.45, 2.75) is 24.8 Å². The summed E-state index contributed by atoms with van der Waals surface area (Å²) in [5, 5.41) is 9.27. The highest BCUT2D eigenvalue weighted by Crippen LogP contribution is 2.15. The van der Waals surface area contributed by atoms with Crippen LogP contribution in [0.2, 0.25) is 0 Å². The van der Waals surface area contributed by atoms with E-state index >= 15 is 0 Å². The van der Waals surface area contributed by atoms with Crippen LogP contribution in [0.5, 0.6) is 0 Å². The molecule has 1 heterocycles. The minimum Gasteiger partial charge on any atom is -0.285 e. The minimum absolute atomic E-state index is 0.104. The van der Waals surface area contributed by atoms with Crippen LogP contribution in [0.15, 0.2) is 35.2 Å². The van der Waals surface area contributed by atoms with E-state index in [0.29, 0.717) is 26.2 Å². The lowest BCUT2D eigenvalue weighted by atomic mass is 10.0. The lowest BCUT2D eigenvalue weighted by Crippen LogP contribution is -2.53. The Morgan fingerprint density at radius 2 is 1.67 bits per heavy atom. The fourth-order valence-corrected chi connectivity index (χ4v) is 5.55. The van der Waals surface area contributed by atoms with Crippen molar-refractivity contribution >= 4 is 20.0 Å². The standard InChI is InChI=1S/C17H26N4O4S2/c1-15(2)17(14-18)20-9-11-21(12-10-20)26(22,23)13-8-19-27(24,25)16-6-4-3-5-7-16/h3-7,15,17,19H,8-13H2,1-2H3/t17-/m0/s1. The van der Waals surface area contributed by atoms with Gasteiger partial charge < -0.3 is 0 Å². The van der Waals surface area contributed by atoms with Gasteiger partial charge in [0.15, 0.2) is 0 Å². The van der Waals surface area contributed by atoms with Gasteiger partial charge >= 0.3 is 0 Å². The summed E-state index contributed by atoms with van der Waals surface area (Å²) < 4.78 is 53.0. The van der Waals surface area contributed by atoms with Crippen molar-refractivity contribution in [3.05, 3.63) is 30.3 Å². The normalized spacial score (nSPS) is 18.3. The van der Waals surface area contributed by atoms with Crippen molar-refractivity contribution in [2.24, 2.45) is 5.92 Å². The molecule has 0 aromatic heterocycles. The Morgan fingerprint density at radius 3 is 2.19 bits per heavy atom. The molecule has 0 bridgehead atoms. The smallest absolute Gasteiger partial charge is 0.240 e. The molecule has 27 heavy (non-hydrogen) atoms. The minimum atomic E-state index is -3.72. The van der Waals surface area contributed by atoms with E-state index in [1.54, 1.807) is 18.2 Å². The third-order valence-corrected chi connectivity index (χ3v) is 7.88. The van der Waals surface area contributed by atoms with Crippen LogP contribution >= 0.6 is 0 Å². The Balaban J connectivity index is 1.88. The Labute approximate surface area is 161 Å². The predicted molar refractivity (Wildman–Crippen MR) is 103 cm³/mol. The summed E-state index contributed by atoms with van der Waals surface area (Å²) in [6.45, 7) is 5.34. The van der Waals surface area contributed by atoms with Gasteiger partial charge in [-0.3, -0.25) is 4.90 Å². The molecule has 10 heteroatoms. The lowest BCUT2D eigenvalue weighted by Gasteiger charge is -2.37. The third kappa shape index (κ3) is 5.73. The molecule has 1 saturated heterocycles. The first-order valence-corrected chi connectivity index (χ1v) is 11.9. The molecule has 8 nitrogen and oxygen atoms in total. The van der Waals surface area contributed by atoms with E-state index in [1.165, 1.54) is 16.4 Å². The van der Waals surface area contributed by atoms with Crippen LogP contribution in [0.1, 0.15) is 13.8 Å². The fourth-order valence-electron chi connectivity index (χ4n) is 3.03. The van der Waals surface area contributed by atoms with Crippen molar-refractivity contribution in [1.29, 1.82) is 5.26 Å². The van der Waals surface area contributed by atoms with Gasteiger partial charge in [0.05, 0.1) is 16.7 Å². The number of nitriles is 1. The Kier molecular flexibility index (Phi) is 7.36. The number of sulfonamides is 2. The molecular weight excluding hydrogens is 388 g/mol. The molecule has 2 rings (SSSR count). The maximum absolute atomic E-state index is 12.5. The molecule has 0 radical (unpaired) electrons. The van der Waals surface area contributed by atoms with Crippen molar-refractivity contribution < 1.29 is 16.8 Å². The second kappa shape index (κ2) is 9.12. The quantitative estimate of drug-likeness (QED) is 0.662. The van der Waals surface area contributed by atoms with Gasteiger partial charge in [-0.25, -0.2) is 21.6 Å². The van der Waals surface area contributed by atoms with E-state index in [9.17, 15) is 22.1 Å². The van der Waals surface area contributed by atoms with Gasteiger partial charge in [0, 0.05) is 32.7 Å². The zero-order chi connectivity index (χ0) is 20.1. The molecule has 1 aromatic carbocycles. The van der Waals surface area contributed by atoms with Gasteiger partial charge in [0.25, 0.3) is 0 Å². The average Bonchev–Trinajstić information content (AvgIpc) is 2.63. The van der Waals surface area contributed by atoms with Crippen LogP contribution in [0, 0.1) is 17.2 Å². The lowest BCUT2D eigenvalue weighted by molar-refractivity contribution is 0.138. The maximum Gasteiger partial charge on any atom is 0.240 e. The zero-order valence-electron chi connectivity index (χ0n) is 15.6. The first kappa shape index (κ1) is 21.8. The number of nitrogens with zero attached hydrogens (tertiary/aromatic N) is 3. The topological polar surface area (TPSA) is 111 Å². The number of piperazine rings is 1. The van der Waals surface area contributed by atoms with Crippen molar-refractivity contribution in [1.82, 2.24) is 13.9 Å². The Morgan fingerprint density at radius 1 is 1.07 bits per heavy atom. The van der Waals surface area contributed by atoms with E-state index < -0.39 is 20.0 Å². The molecule has 0 spiro atoms. The SMILES string of the molecule is CC(C)[C@H](C#N)N1CCN(S(=O)(=O)CCNS(=O)(=O)c2ccccc2)CC1. The highest BCUT2D eigenvalue weighted by molar-refractivity contribution is 7.90. The summed E-state index contributed by atoms with van der Waals surface area (Å²) in [5.74, 6) is -0.129. The molecule has 150 valence electrons. The first-order chi connectivity index (χ1) is 12.7. The molecule has 0 unspecified atom stereocenters. The van der Waals surface area contributed by atoms with Gasteiger partial charge in [-0.1, -0.05) is 32.0 Å². The monoisotopic (exact) mass is 414 g/mol. The summed E-state index contributed by atoms with van der Waals surface area (Å²) in [7, 11) is -7.29. The van der Waals surface area contributed by atoms with Crippen LogP contribution in [-0.4, -0.2) is 70.6 Å². The first-order valence-electron chi connectivity index (χ1n) is 8.83. The van der Waals surface area contributed by atoms with E-state index in [1.807, 2.05) is 18.7 Å². The number of rotatable bonds is 8. The summed E-state index contributed by atoms with van der Waals surface area (Å²) >= 11 is 0. The molecular formula is C17H26N4O4S2. The molecule has 1 atom stereocenters. The van der Waals surface area contributed by atoms with Crippen LogP contribution in [-0.2, 0) is 20.0 Å². The highest BCUT2D eigenvalue weighted by atomic mass is 32.2. The largest absolute Gasteiger partial charge is 0.285 e. The molecule has 0 saturated carbocycles. The molecule has 1 aliphatic heterocycles. The Bertz CT molecular complexity index is 856. The molecule has 0 aliphatic carbocycles. The zero-order valence-corrected chi connectivity index (χ0v) is 17.2. The number of hydrogen-bond acceptors (Lipinski definition) is 6. The molecule has 1 aliphatic rings. The summed E-state index contributed by atoms with van der Waals surface area (Å²) in [6, 6.07) is 9.88. The summed E-state index contributed by atoms with van der Waals surface area (Å²) in [6.07, 6.45) is 0. The van der Waals surface area contributed by atoms with Gasteiger partial charge in [-0.2, -0.15) is 9.57 Å². The summed E-state index contributed by atoms with van der Waals surface area (Å²) in [5.41, 5.74) is 0. The molecule has 1 fully saturated rings. The average molecular weight is 415 g/mol. The second-order valence-corrected chi connectivity index (χ2v) is 10.6. The Hall–Kier alpha value is -1.51. The third-order valence-electron chi connectivity index (χ3n) is 4.53. The van der Waals surface area contributed by atoms with E-state index in [2.05, 4.69) is 10.8 Å². The van der Waals surface area contributed by atoms with Gasteiger partial charge in [0.1, 0.15) is 6.04 Å². The highest BCUT2D eigenvalue weighted by Gasteiger charge is 2.31. The van der Waals surface area contributed by atoms with E-state index in [4.69, 9.17) is 0 Å². The fraction of sp³-hybridized carbons (Fsp3) is 0.588. The van der Waals surface area contributed by atoms with Crippen molar-refractivity contribution in [2.75, 3.05) is 38.5 Å². The number of benzene rings is 1. The van der Waals surface area contributed by atoms with E-state index in [-0.39, 0.29) is 29.2 Å². The predicted octanol–water partition coefficient (Wildman–Crippen LogP) is 0.460. The van der Waals surface area contributed by atoms with Crippen LogP contribution in [0.25, 0.3) is 0 Å². The second-order valence-electron chi connectivity index (χ2n) is 6.78. The van der Waals surface area contributed by atoms with Gasteiger partial charge in [0.2, 0.25) is 20.0 Å². The van der Waals surface area contributed by atoms with Crippen LogP contribution in [0.4, 0.5) is 0 Å².